The molecule has 0 spiro atoms. The molecule has 0 atom stereocenters. The van der Waals surface area contributed by atoms with Crippen LogP contribution in [-0.2, 0) is 0 Å². The molecule has 5 heteroatoms. The Labute approximate surface area is 131 Å². The molecule has 1 aliphatic carbocycles. The number of thiol groups is 1. The van der Waals surface area contributed by atoms with Crippen molar-refractivity contribution >= 4 is 18.3 Å². The third-order valence-corrected chi connectivity index (χ3v) is 5.04. The Hall–Kier alpha value is -1.23. The third-order valence-electron chi connectivity index (χ3n) is 4.37. The van der Waals surface area contributed by atoms with Crippen LogP contribution in [0.5, 0.6) is 5.75 Å². The molecule has 0 heterocycles. The number of hydrogen-bond acceptors (Lipinski definition) is 4. The molecule has 1 saturated carbocycles. The van der Waals surface area contributed by atoms with Crippen LogP contribution in [0.2, 0.25) is 0 Å². The Morgan fingerprint density at radius 1 is 1.29 bits per heavy atom. The van der Waals surface area contributed by atoms with Crippen LogP contribution in [0.3, 0.4) is 0 Å². The molecule has 0 N–H and O–H groups in total. The minimum absolute atomic E-state index is 0.0621. The van der Waals surface area contributed by atoms with E-state index in [1.807, 2.05) is 19.9 Å². The van der Waals surface area contributed by atoms with Gasteiger partial charge >= 0.3 is 5.69 Å². The zero-order valence-corrected chi connectivity index (χ0v) is 13.6. The molecule has 0 saturated heterocycles. The zero-order chi connectivity index (χ0) is 15.5. The fourth-order valence-electron chi connectivity index (χ4n) is 3.13. The third kappa shape index (κ3) is 3.70. The number of ether oxygens (including phenoxy) is 1. The quantitative estimate of drug-likeness (QED) is 0.496. The lowest BCUT2D eigenvalue weighted by Crippen LogP contribution is -2.33. The summed E-state index contributed by atoms with van der Waals surface area (Å²) < 4.78 is 5.93. The van der Waals surface area contributed by atoms with Gasteiger partial charge in [0, 0.05) is 11.5 Å². The molecule has 1 aliphatic rings. The number of nitro groups is 1. The van der Waals surface area contributed by atoms with E-state index in [9.17, 15) is 10.1 Å². The number of hydrogen-bond donors (Lipinski definition) is 1. The van der Waals surface area contributed by atoms with Crippen molar-refractivity contribution < 1.29 is 9.66 Å². The summed E-state index contributed by atoms with van der Waals surface area (Å²) in [6, 6.07) is 3.51. The second-order valence-electron chi connectivity index (χ2n) is 6.19. The largest absolute Gasteiger partial charge is 0.486 e. The standard InChI is InChI=1S/C16H23NO3S/c1-12-8-13(2)15(14(9-12)17(18)19)20-10-16(11-21)6-4-3-5-7-16/h8-9,21H,3-7,10-11H2,1-2H3. The normalized spacial score (nSPS) is 17.5. The van der Waals surface area contributed by atoms with Crippen LogP contribution < -0.4 is 4.74 Å². The smallest absolute Gasteiger partial charge is 0.311 e. The summed E-state index contributed by atoms with van der Waals surface area (Å²) in [4.78, 5) is 10.9. The van der Waals surface area contributed by atoms with Gasteiger partial charge in [-0.25, -0.2) is 0 Å². The Balaban J connectivity index is 2.21. The molecule has 0 aliphatic heterocycles. The molecule has 0 unspecified atom stereocenters. The predicted octanol–water partition coefficient (Wildman–Crippen LogP) is 4.47. The lowest BCUT2D eigenvalue weighted by molar-refractivity contribution is -0.386. The molecular weight excluding hydrogens is 286 g/mol. The summed E-state index contributed by atoms with van der Waals surface area (Å²) in [6.07, 6.45) is 5.83. The molecule has 1 aromatic carbocycles. The monoisotopic (exact) mass is 309 g/mol. The lowest BCUT2D eigenvalue weighted by atomic mass is 9.76. The zero-order valence-electron chi connectivity index (χ0n) is 12.7. The fraction of sp³-hybridized carbons (Fsp3) is 0.625. The van der Waals surface area contributed by atoms with Crippen LogP contribution >= 0.6 is 12.6 Å². The van der Waals surface area contributed by atoms with Gasteiger partial charge in [-0.3, -0.25) is 10.1 Å². The molecule has 2 rings (SSSR count). The van der Waals surface area contributed by atoms with E-state index < -0.39 is 0 Å². The number of rotatable bonds is 5. The molecule has 4 nitrogen and oxygen atoms in total. The number of benzene rings is 1. The number of nitro benzene ring substituents is 1. The Kier molecular flexibility index (Phi) is 5.14. The van der Waals surface area contributed by atoms with Crippen molar-refractivity contribution in [3.63, 3.8) is 0 Å². The number of aryl methyl sites for hydroxylation is 2. The van der Waals surface area contributed by atoms with Crippen molar-refractivity contribution in [3.8, 4) is 5.75 Å². The van der Waals surface area contributed by atoms with Gasteiger partial charge in [-0.2, -0.15) is 12.6 Å². The van der Waals surface area contributed by atoms with Crippen molar-refractivity contribution in [1.29, 1.82) is 0 Å². The van der Waals surface area contributed by atoms with Crippen LogP contribution in [0.4, 0.5) is 5.69 Å². The van der Waals surface area contributed by atoms with Gasteiger partial charge in [0.1, 0.15) is 0 Å². The average Bonchev–Trinajstić information content (AvgIpc) is 2.46. The van der Waals surface area contributed by atoms with E-state index in [1.165, 1.54) is 19.3 Å². The van der Waals surface area contributed by atoms with E-state index in [-0.39, 0.29) is 16.0 Å². The minimum Gasteiger partial charge on any atom is -0.486 e. The maximum absolute atomic E-state index is 11.2. The van der Waals surface area contributed by atoms with Crippen LogP contribution in [0.15, 0.2) is 12.1 Å². The predicted molar refractivity (Wildman–Crippen MR) is 87.4 cm³/mol. The molecule has 1 fully saturated rings. The lowest BCUT2D eigenvalue weighted by Gasteiger charge is -2.35. The SMILES string of the molecule is Cc1cc(C)c(OCC2(CS)CCCCC2)c([N+](=O)[O-])c1. The van der Waals surface area contributed by atoms with E-state index in [4.69, 9.17) is 4.74 Å². The summed E-state index contributed by atoms with van der Waals surface area (Å²) in [5.41, 5.74) is 1.84. The van der Waals surface area contributed by atoms with Crippen molar-refractivity contribution in [1.82, 2.24) is 0 Å². The highest BCUT2D eigenvalue weighted by atomic mass is 32.1. The second kappa shape index (κ2) is 6.69. The van der Waals surface area contributed by atoms with Gasteiger partial charge in [0.05, 0.1) is 11.5 Å². The van der Waals surface area contributed by atoms with Crippen molar-refractivity contribution in [2.75, 3.05) is 12.4 Å². The van der Waals surface area contributed by atoms with Crippen LogP contribution in [0.1, 0.15) is 43.2 Å². The van der Waals surface area contributed by atoms with Gasteiger partial charge in [0.2, 0.25) is 0 Å². The Morgan fingerprint density at radius 2 is 1.95 bits per heavy atom. The minimum atomic E-state index is -0.358. The summed E-state index contributed by atoms with van der Waals surface area (Å²) in [7, 11) is 0. The van der Waals surface area contributed by atoms with E-state index >= 15 is 0 Å². The van der Waals surface area contributed by atoms with E-state index in [1.54, 1.807) is 6.07 Å². The first-order valence-electron chi connectivity index (χ1n) is 7.47. The number of nitrogens with zero attached hydrogens (tertiary/aromatic N) is 1. The molecule has 1 aromatic rings. The van der Waals surface area contributed by atoms with E-state index in [0.29, 0.717) is 12.4 Å². The van der Waals surface area contributed by atoms with E-state index in [2.05, 4.69) is 12.6 Å². The average molecular weight is 309 g/mol. The highest BCUT2D eigenvalue weighted by Gasteiger charge is 2.32. The highest BCUT2D eigenvalue weighted by Crippen LogP contribution is 2.39. The van der Waals surface area contributed by atoms with Gasteiger partial charge in [0.15, 0.2) is 5.75 Å². The molecule has 21 heavy (non-hydrogen) atoms. The summed E-state index contributed by atoms with van der Waals surface area (Å²) >= 11 is 4.49. The van der Waals surface area contributed by atoms with Gasteiger partial charge in [-0.15, -0.1) is 0 Å². The molecular formula is C16H23NO3S. The molecule has 0 aromatic heterocycles. The van der Waals surface area contributed by atoms with Gasteiger partial charge < -0.3 is 4.74 Å². The summed E-state index contributed by atoms with van der Waals surface area (Å²) in [5, 5.41) is 11.2. The topological polar surface area (TPSA) is 52.4 Å². The Morgan fingerprint density at radius 3 is 2.52 bits per heavy atom. The highest BCUT2D eigenvalue weighted by molar-refractivity contribution is 7.80. The van der Waals surface area contributed by atoms with E-state index in [0.717, 1.165) is 29.7 Å². The maximum atomic E-state index is 11.2. The van der Waals surface area contributed by atoms with Crippen molar-refractivity contribution in [2.24, 2.45) is 5.41 Å². The first-order chi connectivity index (χ1) is 9.97. The van der Waals surface area contributed by atoms with Crippen LogP contribution in [-0.4, -0.2) is 17.3 Å². The van der Waals surface area contributed by atoms with Crippen molar-refractivity contribution in [3.05, 3.63) is 33.4 Å². The first kappa shape index (κ1) is 16.1. The summed E-state index contributed by atoms with van der Waals surface area (Å²) in [5.74, 6) is 1.18. The molecule has 116 valence electrons. The van der Waals surface area contributed by atoms with Gasteiger partial charge in [-0.05, 0) is 43.6 Å². The second-order valence-corrected chi connectivity index (χ2v) is 6.51. The van der Waals surface area contributed by atoms with Crippen LogP contribution in [0, 0.1) is 29.4 Å². The summed E-state index contributed by atoms with van der Waals surface area (Å²) in [6.45, 7) is 4.24. The van der Waals surface area contributed by atoms with Crippen molar-refractivity contribution in [2.45, 2.75) is 46.0 Å². The molecule has 0 radical (unpaired) electrons. The van der Waals surface area contributed by atoms with Gasteiger partial charge in [-0.1, -0.05) is 25.3 Å². The van der Waals surface area contributed by atoms with Gasteiger partial charge in [0.25, 0.3) is 0 Å². The molecule has 0 amide bonds. The fourth-order valence-corrected chi connectivity index (χ4v) is 3.54. The molecule has 0 bridgehead atoms. The van der Waals surface area contributed by atoms with Crippen LogP contribution in [0.25, 0.3) is 0 Å². The maximum Gasteiger partial charge on any atom is 0.311 e. The Bertz CT molecular complexity index is 524. The first-order valence-corrected chi connectivity index (χ1v) is 8.10.